The Balaban J connectivity index is 2.20. The predicted molar refractivity (Wildman–Crippen MR) is 73.0 cm³/mol. The molecule has 0 heterocycles. The Kier molecular flexibility index (Phi) is 7.11. The van der Waals surface area contributed by atoms with Gasteiger partial charge >= 0.3 is 0 Å². The minimum absolute atomic E-state index is 0.0596. The SMILES string of the molecule is CCCCCCC(=O)NCc1ccc(CO)cc1. The minimum Gasteiger partial charge on any atom is -0.392 e. The van der Waals surface area contributed by atoms with Gasteiger partial charge in [0.1, 0.15) is 0 Å². The number of nitrogens with one attached hydrogen (secondary N) is 1. The van der Waals surface area contributed by atoms with Gasteiger partial charge in [-0.05, 0) is 17.5 Å². The Morgan fingerprint density at radius 1 is 1.11 bits per heavy atom. The third kappa shape index (κ3) is 5.82. The number of carbonyl (C=O) groups excluding carboxylic acids is 1. The van der Waals surface area contributed by atoms with Crippen molar-refractivity contribution in [1.29, 1.82) is 0 Å². The molecule has 3 heteroatoms. The van der Waals surface area contributed by atoms with Crippen molar-refractivity contribution in [2.45, 2.75) is 52.2 Å². The Bertz CT molecular complexity index is 346. The van der Waals surface area contributed by atoms with E-state index in [0.717, 1.165) is 24.0 Å². The highest BCUT2D eigenvalue weighted by Crippen LogP contribution is 2.05. The van der Waals surface area contributed by atoms with Gasteiger partial charge in [0, 0.05) is 13.0 Å². The van der Waals surface area contributed by atoms with Gasteiger partial charge in [0.25, 0.3) is 0 Å². The molecular formula is C15H23NO2. The number of rotatable bonds is 8. The average Bonchev–Trinajstić information content (AvgIpc) is 2.42. The maximum atomic E-state index is 11.6. The van der Waals surface area contributed by atoms with Crippen molar-refractivity contribution in [3.63, 3.8) is 0 Å². The lowest BCUT2D eigenvalue weighted by Crippen LogP contribution is -2.22. The molecule has 1 aromatic rings. The monoisotopic (exact) mass is 249 g/mol. The normalized spacial score (nSPS) is 10.3. The number of hydrogen-bond acceptors (Lipinski definition) is 2. The van der Waals surface area contributed by atoms with Crippen LogP contribution >= 0.6 is 0 Å². The molecule has 1 aromatic carbocycles. The fraction of sp³-hybridized carbons (Fsp3) is 0.533. The second-order valence-electron chi connectivity index (χ2n) is 4.56. The van der Waals surface area contributed by atoms with Crippen LogP contribution in [-0.4, -0.2) is 11.0 Å². The van der Waals surface area contributed by atoms with Crippen molar-refractivity contribution in [3.8, 4) is 0 Å². The number of unbranched alkanes of at least 4 members (excludes halogenated alkanes) is 3. The molecule has 0 unspecified atom stereocenters. The van der Waals surface area contributed by atoms with E-state index in [1.165, 1.54) is 12.8 Å². The molecule has 0 aromatic heterocycles. The highest BCUT2D eigenvalue weighted by Gasteiger charge is 2.01. The highest BCUT2D eigenvalue weighted by atomic mass is 16.3. The number of benzene rings is 1. The van der Waals surface area contributed by atoms with Gasteiger partial charge in [-0.3, -0.25) is 4.79 Å². The minimum atomic E-state index is 0.0596. The first kappa shape index (κ1) is 14.7. The molecule has 0 bridgehead atoms. The Morgan fingerprint density at radius 3 is 2.39 bits per heavy atom. The fourth-order valence-electron chi connectivity index (χ4n) is 1.76. The standard InChI is InChI=1S/C15H23NO2/c1-2-3-4-5-6-15(18)16-11-13-7-9-14(12-17)10-8-13/h7-10,17H,2-6,11-12H2,1H3,(H,16,18). The number of amides is 1. The maximum absolute atomic E-state index is 11.6. The molecule has 100 valence electrons. The number of aliphatic hydroxyl groups is 1. The van der Waals surface area contributed by atoms with E-state index in [9.17, 15) is 4.79 Å². The summed E-state index contributed by atoms with van der Waals surface area (Å²) in [6.07, 6.45) is 5.13. The van der Waals surface area contributed by atoms with Gasteiger partial charge in [-0.25, -0.2) is 0 Å². The van der Waals surface area contributed by atoms with Crippen molar-refractivity contribution in [2.24, 2.45) is 0 Å². The van der Waals surface area contributed by atoms with Crippen LogP contribution in [0.2, 0.25) is 0 Å². The lowest BCUT2D eigenvalue weighted by atomic mass is 10.1. The number of carbonyl (C=O) groups is 1. The van der Waals surface area contributed by atoms with E-state index in [2.05, 4.69) is 12.2 Å². The molecule has 0 fully saturated rings. The van der Waals surface area contributed by atoms with Gasteiger partial charge in [0.2, 0.25) is 5.91 Å². The van der Waals surface area contributed by atoms with Gasteiger partial charge in [0.05, 0.1) is 6.61 Å². The topological polar surface area (TPSA) is 49.3 Å². The average molecular weight is 249 g/mol. The van der Waals surface area contributed by atoms with E-state index in [4.69, 9.17) is 5.11 Å². The van der Waals surface area contributed by atoms with E-state index in [1.807, 2.05) is 24.3 Å². The van der Waals surface area contributed by atoms with Gasteiger partial charge in [0.15, 0.2) is 0 Å². The van der Waals surface area contributed by atoms with E-state index < -0.39 is 0 Å². The zero-order valence-electron chi connectivity index (χ0n) is 11.1. The molecule has 0 saturated heterocycles. The summed E-state index contributed by atoms with van der Waals surface area (Å²) in [6, 6.07) is 7.62. The Labute approximate surface area is 109 Å². The van der Waals surface area contributed by atoms with Crippen molar-refractivity contribution in [2.75, 3.05) is 0 Å². The van der Waals surface area contributed by atoms with E-state index in [1.54, 1.807) is 0 Å². The summed E-state index contributed by atoms with van der Waals surface area (Å²) < 4.78 is 0. The molecule has 1 amide bonds. The van der Waals surface area contributed by atoms with Gasteiger partial charge in [-0.2, -0.15) is 0 Å². The molecule has 18 heavy (non-hydrogen) atoms. The van der Waals surface area contributed by atoms with Crippen molar-refractivity contribution < 1.29 is 9.90 Å². The summed E-state index contributed by atoms with van der Waals surface area (Å²) in [5.41, 5.74) is 1.96. The van der Waals surface area contributed by atoms with Crippen molar-refractivity contribution in [1.82, 2.24) is 5.32 Å². The first-order chi connectivity index (χ1) is 8.76. The second-order valence-corrected chi connectivity index (χ2v) is 4.56. The molecule has 0 aliphatic carbocycles. The first-order valence-electron chi connectivity index (χ1n) is 6.71. The van der Waals surface area contributed by atoms with Gasteiger partial charge in [-0.15, -0.1) is 0 Å². The molecule has 0 radical (unpaired) electrons. The van der Waals surface area contributed by atoms with Crippen LogP contribution in [0.15, 0.2) is 24.3 Å². The summed E-state index contributed by atoms with van der Waals surface area (Å²) in [5, 5.41) is 11.8. The molecule has 0 atom stereocenters. The smallest absolute Gasteiger partial charge is 0.220 e. The van der Waals surface area contributed by atoms with Crippen LogP contribution in [0.25, 0.3) is 0 Å². The van der Waals surface area contributed by atoms with Crippen molar-refractivity contribution >= 4 is 5.91 Å². The molecule has 2 N–H and O–H groups in total. The van der Waals surface area contributed by atoms with Crippen LogP contribution in [0.4, 0.5) is 0 Å². The van der Waals surface area contributed by atoms with Crippen LogP contribution in [0.3, 0.4) is 0 Å². The fourth-order valence-corrected chi connectivity index (χ4v) is 1.76. The van der Waals surface area contributed by atoms with E-state index in [-0.39, 0.29) is 12.5 Å². The summed E-state index contributed by atoms with van der Waals surface area (Å²) in [7, 11) is 0. The Hall–Kier alpha value is -1.35. The summed E-state index contributed by atoms with van der Waals surface area (Å²) >= 11 is 0. The summed E-state index contributed by atoms with van der Waals surface area (Å²) in [5.74, 6) is 0.123. The maximum Gasteiger partial charge on any atom is 0.220 e. The zero-order chi connectivity index (χ0) is 13.2. The molecule has 1 rings (SSSR count). The third-order valence-corrected chi connectivity index (χ3v) is 2.95. The second kappa shape index (κ2) is 8.70. The van der Waals surface area contributed by atoms with Crippen LogP contribution in [-0.2, 0) is 17.9 Å². The molecular weight excluding hydrogens is 226 g/mol. The van der Waals surface area contributed by atoms with Gasteiger partial charge in [-0.1, -0.05) is 50.5 Å². The molecule has 0 saturated carbocycles. The quantitative estimate of drug-likeness (QED) is 0.696. The van der Waals surface area contributed by atoms with Crippen LogP contribution in [0.1, 0.15) is 50.2 Å². The Morgan fingerprint density at radius 2 is 1.78 bits per heavy atom. The van der Waals surface area contributed by atoms with E-state index in [0.29, 0.717) is 13.0 Å². The molecule has 0 aliphatic heterocycles. The van der Waals surface area contributed by atoms with Crippen molar-refractivity contribution in [3.05, 3.63) is 35.4 Å². The largest absolute Gasteiger partial charge is 0.392 e. The highest BCUT2D eigenvalue weighted by molar-refractivity contribution is 5.75. The summed E-state index contributed by atoms with van der Waals surface area (Å²) in [4.78, 5) is 11.6. The van der Waals surface area contributed by atoms with E-state index >= 15 is 0 Å². The summed E-state index contributed by atoms with van der Waals surface area (Å²) in [6.45, 7) is 2.79. The third-order valence-electron chi connectivity index (χ3n) is 2.95. The molecule has 0 spiro atoms. The first-order valence-corrected chi connectivity index (χ1v) is 6.71. The van der Waals surface area contributed by atoms with Crippen LogP contribution < -0.4 is 5.32 Å². The van der Waals surface area contributed by atoms with Gasteiger partial charge < -0.3 is 10.4 Å². The van der Waals surface area contributed by atoms with Crippen LogP contribution in [0.5, 0.6) is 0 Å². The lowest BCUT2D eigenvalue weighted by Gasteiger charge is -2.06. The number of aliphatic hydroxyl groups excluding tert-OH is 1. The lowest BCUT2D eigenvalue weighted by molar-refractivity contribution is -0.121. The molecule has 0 aliphatic rings. The number of hydrogen-bond donors (Lipinski definition) is 2. The predicted octanol–water partition coefficient (Wildman–Crippen LogP) is 2.77. The zero-order valence-corrected chi connectivity index (χ0v) is 11.1. The van der Waals surface area contributed by atoms with Crippen LogP contribution in [0, 0.1) is 0 Å². The molecule has 3 nitrogen and oxygen atoms in total.